The van der Waals surface area contributed by atoms with Crippen LogP contribution in [0.25, 0.3) is 0 Å². The van der Waals surface area contributed by atoms with Crippen molar-refractivity contribution in [2.45, 2.75) is 23.6 Å². The SMILES string of the molecule is Cc1ccc2cc1N(NN(N)c1ccc(C)c(S(N)(=O)=O)c1N)S2(=O)=O. The molecule has 26 heavy (non-hydrogen) atoms. The molecule has 1 aliphatic rings. The van der Waals surface area contributed by atoms with E-state index >= 15 is 0 Å². The number of nitrogens with one attached hydrogen (secondary N) is 1. The number of benzene rings is 2. The second kappa shape index (κ2) is 5.82. The predicted molar refractivity (Wildman–Crippen MR) is 97.6 cm³/mol. The summed E-state index contributed by atoms with van der Waals surface area (Å²) in [6, 6.07) is 7.58. The van der Waals surface area contributed by atoms with E-state index in [0.29, 0.717) is 16.8 Å². The molecule has 2 aromatic rings. The first kappa shape index (κ1) is 18.4. The molecule has 0 radical (unpaired) electrons. The minimum atomic E-state index is -4.09. The number of primary sulfonamides is 1. The van der Waals surface area contributed by atoms with Gasteiger partial charge in [0.15, 0.2) is 0 Å². The Balaban J connectivity index is 2.02. The molecule has 0 aromatic heterocycles. The minimum Gasteiger partial charge on any atom is -0.396 e. The summed E-state index contributed by atoms with van der Waals surface area (Å²) in [7, 11) is -7.92. The van der Waals surface area contributed by atoms with Crippen LogP contribution in [0.15, 0.2) is 40.1 Å². The van der Waals surface area contributed by atoms with Crippen molar-refractivity contribution in [1.29, 1.82) is 0 Å². The Morgan fingerprint density at radius 2 is 1.73 bits per heavy atom. The van der Waals surface area contributed by atoms with Gasteiger partial charge in [-0.15, -0.1) is 5.53 Å². The largest absolute Gasteiger partial charge is 0.396 e. The van der Waals surface area contributed by atoms with Crippen LogP contribution in [0.3, 0.4) is 0 Å². The standard InChI is InChI=1S/C14H18N6O4S2/c1-8-3-5-10-7-12(8)20(26(10,23)24)18-19(16)11-6-4-9(2)14(13(11)15)25(17,21)22/h3-7,18H,15-16H2,1-2H3,(H2,17,21,22). The van der Waals surface area contributed by atoms with Gasteiger partial charge in [0, 0.05) is 0 Å². The van der Waals surface area contributed by atoms with Crippen molar-refractivity contribution in [1.82, 2.24) is 5.53 Å². The summed E-state index contributed by atoms with van der Waals surface area (Å²) >= 11 is 0. The quantitative estimate of drug-likeness (QED) is 0.313. The van der Waals surface area contributed by atoms with Gasteiger partial charge >= 0.3 is 0 Å². The highest BCUT2D eigenvalue weighted by Gasteiger charge is 2.35. The molecule has 0 saturated carbocycles. The van der Waals surface area contributed by atoms with E-state index in [-0.39, 0.29) is 21.2 Å². The summed E-state index contributed by atoms with van der Waals surface area (Å²) in [5.41, 5.74) is 9.75. The molecular formula is C14H18N6O4S2. The van der Waals surface area contributed by atoms with Crippen LogP contribution in [-0.4, -0.2) is 16.8 Å². The summed E-state index contributed by atoms with van der Waals surface area (Å²) in [5, 5.41) is 6.03. The van der Waals surface area contributed by atoms with Gasteiger partial charge < -0.3 is 5.73 Å². The monoisotopic (exact) mass is 398 g/mol. The molecule has 12 heteroatoms. The van der Waals surface area contributed by atoms with Crippen molar-refractivity contribution in [2.24, 2.45) is 11.0 Å². The number of nitrogens with zero attached hydrogens (tertiary/aromatic N) is 2. The number of aryl methyl sites for hydroxylation is 2. The van der Waals surface area contributed by atoms with Crippen LogP contribution in [0.4, 0.5) is 17.1 Å². The highest BCUT2D eigenvalue weighted by molar-refractivity contribution is 7.93. The van der Waals surface area contributed by atoms with E-state index in [0.717, 1.165) is 9.53 Å². The third-order valence-corrected chi connectivity index (χ3v) is 6.77. The van der Waals surface area contributed by atoms with Gasteiger partial charge in [-0.25, -0.2) is 24.5 Å². The molecule has 1 heterocycles. The van der Waals surface area contributed by atoms with E-state index in [1.165, 1.54) is 31.2 Å². The fourth-order valence-corrected chi connectivity index (χ4v) is 5.04. The molecule has 1 aliphatic heterocycles. The summed E-state index contributed by atoms with van der Waals surface area (Å²) in [6.45, 7) is 3.28. The van der Waals surface area contributed by atoms with Gasteiger partial charge in [0.2, 0.25) is 10.0 Å². The van der Waals surface area contributed by atoms with E-state index in [1.807, 2.05) is 0 Å². The number of rotatable bonds is 4. The van der Waals surface area contributed by atoms with E-state index in [4.69, 9.17) is 16.7 Å². The van der Waals surface area contributed by atoms with Crippen LogP contribution >= 0.6 is 0 Å². The zero-order valence-electron chi connectivity index (χ0n) is 14.0. The first-order valence-electron chi connectivity index (χ1n) is 7.33. The van der Waals surface area contributed by atoms with Gasteiger partial charge in [0.25, 0.3) is 10.0 Å². The van der Waals surface area contributed by atoms with Crippen LogP contribution in [0.1, 0.15) is 11.1 Å². The topological polar surface area (TPSA) is 165 Å². The molecule has 0 fully saturated rings. The molecule has 2 aromatic carbocycles. The number of hydrogen-bond donors (Lipinski definition) is 4. The zero-order chi connectivity index (χ0) is 19.4. The van der Waals surface area contributed by atoms with Gasteiger partial charge in [-0.3, -0.25) is 0 Å². The molecule has 3 rings (SSSR count). The second-order valence-corrected chi connectivity index (χ2v) is 9.16. The highest BCUT2D eigenvalue weighted by Crippen LogP contribution is 2.35. The number of nitrogen functional groups attached to an aromatic ring is 1. The van der Waals surface area contributed by atoms with Crippen LogP contribution in [0.5, 0.6) is 0 Å². The van der Waals surface area contributed by atoms with Crippen molar-refractivity contribution >= 4 is 37.1 Å². The zero-order valence-corrected chi connectivity index (χ0v) is 15.6. The molecule has 0 atom stereocenters. The molecular weight excluding hydrogens is 380 g/mol. The maximum Gasteiger partial charge on any atom is 0.279 e. The normalized spacial score (nSPS) is 15.3. The lowest BCUT2D eigenvalue weighted by molar-refractivity contribution is 0.574. The molecule has 0 amide bonds. The van der Waals surface area contributed by atoms with Gasteiger partial charge in [-0.2, -0.15) is 12.8 Å². The summed E-state index contributed by atoms with van der Waals surface area (Å²) in [5.74, 6) is 5.92. The lowest BCUT2D eigenvalue weighted by Gasteiger charge is -2.28. The molecule has 2 bridgehead atoms. The van der Waals surface area contributed by atoms with Crippen molar-refractivity contribution in [2.75, 3.05) is 15.3 Å². The molecule has 0 spiro atoms. The minimum absolute atomic E-state index is 0.0486. The molecule has 7 N–H and O–H groups in total. The fourth-order valence-electron chi connectivity index (χ4n) is 2.75. The lowest BCUT2D eigenvalue weighted by atomic mass is 10.2. The molecule has 0 unspecified atom stereocenters. The molecule has 0 saturated heterocycles. The number of fused-ring (bicyclic) bond motifs is 2. The van der Waals surface area contributed by atoms with Crippen molar-refractivity contribution < 1.29 is 16.8 Å². The van der Waals surface area contributed by atoms with Crippen molar-refractivity contribution in [3.05, 3.63) is 41.5 Å². The number of nitrogens with two attached hydrogens (primary N) is 3. The Kier molecular flexibility index (Phi) is 4.12. The molecule has 0 aliphatic carbocycles. The number of hydrazine groups is 3. The van der Waals surface area contributed by atoms with Crippen molar-refractivity contribution in [3.63, 3.8) is 0 Å². The lowest BCUT2D eigenvalue weighted by Crippen LogP contribution is -2.55. The van der Waals surface area contributed by atoms with Gasteiger partial charge in [-0.05, 0) is 43.2 Å². The van der Waals surface area contributed by atoms with E-state index in [1.54, 1.807) is 13.0 Å². The van der Waals surface area contributed by atoms with E-state index in [2.05, 4.69) is 5.53 Å². The maximum absolute atomic E-state index is 12.5. The average Bonchev–Trinajstić information content (AvgIpc) is 2.71. The Morgan fingerprint density at radius 1 is 1.12 bits per heavy atom. The average molecular weight is 398 g/mol. The van der Waals surface area contributed by atoms with E-state index in [9.17, 15) is 16.8 Å². The van der Waals surface area contributed by atoms with Crippen LogP contribution in [0.2, 0.25) is 0 Å². The molecule has 140 valence electrons. The van der Waals surface area contributed by atoms with Crippen LogP contribution in [0, 0.1) is 13.8 Å². The Morgan fingerprint density at radius 3 is 2.35 bits per heavy atom. The van der Waals surface area contributed by atoms with Crippen molar-refractivity contribution in [3.8, 4) is 0 Å². The Bertz CT molecular complexity index is 1110. The predicted octanol–water partition coefficient (Wildman–Crippen LogP) is -0.158. The van der Waals surface area contributed by atoms with Gasteiger partial charge in [0.05, 0.1) is 22.0 Å². The highest BCUT2D eigenvalue weighted by atomic mass is 32.2. The molecule has 10 nitrogen and oxygen atoms in total. The van der Waals surface area contributed by atoms with E-state index < -0.39 is 20.0 Å². The fraction of sp³-hybridized carbons (Fsp3) is 0.143. The first-order valence-corrected chi connectivity index (χ1v) is 10.3. The number of hydrogen-bond acceptors (Lipinski definition) is 8. The summed E-state index contributed by atoms with van der Waals surface area (Å²) in [6.07, 6.45) is 0. The third kappa shape index (κ3) is 2.77. The Hall–Kier alpha value is -2.38. The van der Waals surface area contributed by atoms with Gasteiger partial charge in [-0.1, -0.05) is 12.1 Å². The van der Waals surface area contributed by atoms with Crippen LogP contribution < -0.4 is 31.8 Å². The number of anilines is 3. The maximum atomic E-state index is 12.5. The first-order chi connectivity index (χ1) is 11.9. The second-order valence-electron chi connectivity index (χ2n) is 5.88. The third-order valence-electron chi connectivity index (χ3n) is 4.05. The smallest absolute Gasteiger partial charge is 0.279 e. The summed E-state index contributed by atoms with van der Waals surface area (Å²) in [4.78, 5) is -0.158. The van der Waals surface area contributed by atoms with Crippen LogP contribution in [-0.2, 0) is 20.0 Å². The summed E-state index contributed by atoms with van der Waals surface area (Å²) < 4.78 is 49.5. The number of sulfonamides is 2. The van der Waals surface area contributed by atoms with Gasteiger partial charge in [0.1, 0.15) is 4.90 Å². The Labute approximate surface area is 151 Å².